The van der Waals surface area contributed by atoms with Gasteiger partial charge in [-0.05, 0) is 53.6 Å². The molecule has 8 heteroatoms. The summed E-state index contributed by atoms with van der Waals surface area (Å²) in [4.78, 5) is 4.45. The minimum absolute atomic E-state index is 0.263. The number of hydrogen-bond acceptors (Lipinski definition) is 5. The van der Waals surface area contributed by atoms with Crippen molar-refractivity contribution in [1.82, 2.24) is 14.8 Å². The van der Waals surface area contributed by atoms with Crippen molar-refractivity contribution in [3.63, 3.8) is 0 Å². The lowest BCUT2D eigenvalue weighted by molar-refractivity contribution is 0.223. The second kappa shape index (κ2) is 7.83. The molecule has 3 aromatic carbocycles. The maximum atomic E-state index is 6.58. The summed E-state index contributed by atoms with van der Waals surface area (Å²) in [5.41, 5.74) is 4.75. The highest BCUT2D eigenvalue weighted by molar-refractivity contribution is 6.31. The smallest absolute Gasteiger partial charge is 0.226 e. The zero-order chi connectivity index (χ0) is 22.5. The van der Waals surface area contributed by atoms with Gasteiger partial charge in [0, 0.05) is 21.2 Å². The Morgan fingerprint density at radius 3 is 2.58 bits per heavy atom. The fraction of sp³-hybridized carbons (Fsp3) is 0.120. The standard InChI is InChI=1S/C25H18Cl2N4O2/c1-32-18-8-5-14(6-9-18)23-21-22(30-25-28-13-29-31(23)25)19-12-17(27)7-10-20(19)33-24(21)15-3-2-4-16(26)11-15/h2-13,23-24H,1H3,(H,28,29,30)/t23-,24-/m0/s1. The molecule has 0 spiro atoms. The SMILES string of the molecule is COc1ccc([C@H]2C3=C(Nc4ncnn42)c2cc(Cl)ccc2O[C@H]3c2cccc(Cl)c2)cc1. The molecule has 164 valence electrons. The average Bonchev–Trinajstić information content (AvgIpc) is 3.31. The molecule has 4 aromatic rings. The molecule has 0 fully saturated rings. The van der Waals surface area contributed by atoms with Crippen LogP contribution in [0.15, 0.2) is 78.6 Å². The van der Waals surface area contributed by atoms with E-state index in [1.165, 1.54) is 0 Å². The highest BCUT2D eigenvalue weighted by atomic mass is 35.5. The van der Waals surface area contributed by atoms with Gasteiger partial charge in [0.05, 0.1) is 12.8 Å². The summed E-state index contributed by atoms with van der Waals surface area (Å²) in [7, 11) is 1.65. The Kier molecular flexibility index (Phi) is 4.78. The van der Waals surface area contributed by atoms with Crippen LogP contribution < -0.4 is 14.8 Å². The normalized spacial score (nSPS) is 18.5. The van der Waals surface area contributed by atoms with Crippen molar-refractivity contribution in [2.24, 2.45) is 0 Å². The van der Waals surface area contributed by atoms with Gasteiger partial charge >= 0.3 is 0 Å². The molecule has 0 radical (unpaired) electrons. The van der Waals surface area contributed by atoms with E-state index in [1.807, 2.05) is 71.4 Å². The lowest BCUT2D eigenvalue weighted by Crippen LogP contribution is -2.32. The van der Waals surface area contributed by atoms with Crippen LogP contribution >= 0.6 is 23.2 Å². The highest BCUT2D eigenvalue weighted by Crippen LogP contribution is 2.51. The van der Waals surface area contributed by atoms with Gasteiger partial charge in [0.1, 0.15) is 30.0 Å². The van der Waals surface area contributed by atoms with Crippen molar-refractivity contribution in [1.29, 1.82) is 0 Å². The number of ether oxygens (including phenoxy) is 2. The van der Waals surface area contributed by atoms with Gasteiger partial charge in [-0.1, -0.05) is 47.5 Å². The van der Waals surface area contributed by atoms with E-state index in [2.05, 4.69) is 15.4 Å². The summed E-state index contributed by atoms with van der Waals surface area (Å²) < 4.78 is 13.8. The molecule has 0 unspecified atom stereocenters. The van der Waals surface area contributed by atoms with Crippen molar-refractivity contribution in [2.45, 2.75) is 12.1 Å². The van der Waals surface area contributed by atoms with Gasteiger partial charge in [-0.3, -0.25) is 0 Å². The van der Waals surface area contributed by atoms with Gasteiger partial charge in [-0.15, -0.1) is 0 Å². The van der Waals surface area contributed by atoms with Crippen LogP contribution in [0.4, 0.5) is 5.95 Å². The molecule has 3 heterocycles. The lowest BCUT2D eigenvalue weighted by atomic mass is 9.84. The van der Waals surface area contributed by atoms with E-state index in [0.717, 1.165) is 39.5 Å². The first-order chi connectivity index (χ1) is 16.1. The van der Waals surface area contributed by atoms with E-state index in [0.29, 0.717) is 16.0 Å². The van der Waals surface area contributed by atoms with Crippen molar-refractivity contribution < 1.29 is 9.47 Å². The Labute approximate surface area is 200 Å². The number of anilines is 1. The topological polar surface area (TPSA) is 61.2 Å². The number of rotatable bonds is 3. The average molecular weight is 477 g/mol. The van der Waals surface area contributed by atoms with Crippen LogP contribution in [0, 0.1) is 0 Å². The van der Waals surface area contributed by atoms with Crippen LogP contribution in [0.3, 0.4) is 0 Å². The molecule has 6 nitrogen and oxygen atoms in total. The second-order valence-electron chi connectivity index (χ2n) is 7.85. The molecule has 1 aromatic heterocycles. The molecule has 1 N–H and O–H groups in total. The molecule has 2 atom stereocenters. The van der Waals surface area contributed by atoms with Gasteiger partial charge in [0.15, 0.2) is 0 Å². The van der Waals surface area contributed by atoms with E-state index >= 15 is 0 Å². The fourth-order valence-corrected chi connectivity index (χ4v) is 4.86. The summed E-state index contributed by atoms with van der Waals surface area (Å²) in [6, 6.07) is 21.0. The van der Waals surface area contributed by atoms with Crippen LogP contribution in [-0.4, -0.2) is 21.9 Å². The van der Waals surface area contributed by atoms with E-state index in [-0.39, 0.29) is 6.04 Å². The molecular formula is C25H18Cl2N4O2. The van der Waals surface area contributed by atoms with Crippen LogP contribution in [0.25, 0.3) is 5.70 Å². The molecule has 2 aliphatic heterocycles. The van der Waals surface area contributed by atoms with Gasteiger partial charge in [0.25, 0.3) is 0 Å². The van der Waals surface area contributed by atoms with Gasteiger partial charge in [-0.25, -0.2) is 4.68 Å². The summed E-state index contributed by atoms with van der Waals surface area (Å²) in [5, 5.41) is 9.28. The summed E-state index contributed by atoms with van der Waals surface area (Å²) in [5.74, 6) is 2.16. The summed E-state index contributed by atoms with van der Waals surface area (Å²) >= 11 is 12.7. The molecule has 33 heavy (non-hydrogen) atoms. The quantitative estimate of drug-likeness (QED) is 0.383. The lowest BCUT2D eigenvalue weighted by Gasteiger charge is -2.39. The first kappa shape index (κ1) is 20.1. The van der Waals surface area contributed by atoms with Crippen molar-refractivity contribution >= 4 is 34.8 Å². The third-order valence-electron chi connectivity index (χ3n) is 5.96. The Morgan fingerprint density at radius 2 is 1.79 bits per heavy atom. The molecule has 6 rings (SSSR count). The van der Waals surface area contributed by atoms with E-state index in [9.17, 15) is 0 Å². The van der Waals surface area contributed by atoms with Crippen LogP contribution in [-0.2, 0) is 0 Å². The summed E-state index contributed by atoms with van der Waals surface area (Å²) in [6.07, 6.45) is 1.15. The monoisotopic (exact) mass is 476 g/mol. The number of hydrogen-bond donors (Lipinski definition) is 1. The van der Waals surface area contributed by atoms with E-state index in [4.69, 9.17) is 32.7 Å². The van der Waals surface area contributed by atoms with Gasteiger partial charge in [0.2, 0.25) is 5.95 Å². The van der Waals surface area contributed by atoms with Crippen LogP contribution in [0.5, 0.6) is 11.5 Å². The number of halogens is 2. The maximum Gasteiger partial charge on any atom is 0.226 e. The number of nitrogens with zero attached hydrogens (tertiary/aromatic N) is 3. The minimum atomic E-state index is -0.399. The number of aromatic nitrogens is 3. The molecule has 0 bridgehead atoms. The van der Waals surface area contributed by atoms with Crippen LogP contribution in [0.1, 0.15) is 28.8 Å². The molecule has 0 aliphatic carbocycles. The van der Waals surface area contributed by atoms with Gasteiger partial charge < -0.3 is 14.8 Å². The van der Waals surface area contributed by atoms with Crippen molar-refractivity contribution in [3.05, 3.63) is 105 Å². The Morgan fingerprint density at radius 1 is 0.970 bits per heavy atom. The second-order valence-corrected chi connectivity index (χ2v) is 8.73. The Balaban J connectivity index is 1.62. The minimum Gasteiger partial charge on any atom is -0.497 e. The Hall–Kier alpha value is -3.48. The fourth-order valence-electron chi connectivity index (χ4n) is 4.49. The first-order valence-electron chi connectivity index (χ1n) is 10.4. The summed E-state index contributed by atoms with van der Waals surface area (Å²) in [6.45, 7) is 0. The molecule has 0 saturated carbocycles. The van der Waals surface area contributed by atoms with E-state index in [1.54, 1.807) is 13.4 Å². The molecule has 0 saturated heterocycles. The molecular weight excluding hydrogens is 459 g/mol. The van der Waals surface area contributed by atoms with Crippen molar-refractivity contribution in [3.8, 4) is 11.5 Å². The first-order valence-corrected chi connectivity index (χ1v) is 11.1. The predicted octanol–water partition coefficient (Wildman–Crippen LogP) is 6.15. The molecule has 0 amide bonds. The van der Waals surface area contributed by atoms with Crippen molar-refractivity contribution in [2.75, 3.05) is 12.4 Å². The number of methoxy groups -OCH3 is 1. The highest BCUT2D eigenvalue weighted by Gasteiger charge is 2.41. The third-order valence-corrected chi connectivity index (χ3v) is 6.43. The van der Waals surface area contributed by atoms with Crippen LogP contribution in [0.2, 0.25) is 10.0 Å². The largest absolute Gasteiger partial charge is 0.497 e. The maximum absolute atomic E-state index is 6.58. The zero-order valence-corrected chi connectivity index (χ0v) is 19.0. The number of fused-ring (bicyclic) bond motifs is 3. The third kappa shape index (κ3) is 3.34. The molecule has 2 aliphatic rings. The number of nitrogens with one attached hydrogen (secondary N) is 1. The van der Waals surface area contributed by atoms with E-state index < -0.39 is 6.10 Å². The van der Waals surface area contributed by atoms with Gasteiger partial charge in [-0.2, -0.15) is 10.1 Å². The predicted molar refractivity (Wildman–Crippen MR) is 128 cm³/mol. The Bertz CT molecular complexity index is 1400. The zero-order valence-electron chi connectivity index (χ0n) is 17.5. The number of benzene rings is 3.